The second-order valence-corrected chi connectivity index (χ2v) is 6.58. The van der Waals surface area contributed by atoms with Crippen LogP contribution in [0.4, 0.5) is 0 Å². The number of hydrogen-bond acceptors (Lipinski definition) is 5. The first-order valence-electron chi connectivity index (χ1n) is 8.21. The lowest BCUT2D eigenvalue weighted by Gasteiger charge is -2.25. The molecule has 0 amide bonds. The summed E-state index contributed by atoms with van der Waals surface area (Å²) >= 11 is 0. The van der Waals surface area contributed by atoms with Crippen LogP contribution in [0.5, 0.6) is 0 Å². The zero-order valence-electron chi connectivity index (χ0n) is 14.7. The lowest BCUT2D eigenvalue weighted by atomic mass is 9.84. The molecule has 0 saturated carbocycles. The molecule has 0 unspecified atom stereocenters. The quantitative estimate of drug-likeness (QED) is 0.533. The van der Waals surface area contributed by atoms with E-state index in [0.29, 0.717) is 24.3 Å². The second-order valence-electron chi connectivity index (χ2n) is 6.58. The Balaban J connectivity index is 1.97. The Labute approximate surface area is 148 Å². The standard InChI is InChI=1S/C20H24N2O3/c1-15(21-24)20(2,3)12-10-18-14-19(25-22-18)9-8-16-4-6-17(7-5-16)11-13-23/h4-7,14,21,23-24H,1,10-13H2,2-3H3. The monoisotopic (exact) mass is 340 g/mol. The number of nitrogens with one attached hydrogen (secondary N) is 1. The smallest absolute Gasteiger partial charge is 0.210 e. The molecule has 0 atom stereocenters. The lowest BCUT2D eigenvalue weighted by Crippen LogP contribution is -2.24. The van der Waals surface area contributed by atoms with Gasteiger partial charge >= 0.3 is 0 Å². The SMILES string of the molecule is C=C(NO)C(C)(C)CCc1cc(C#Cc2ccc(CCO)cc2)on1. The summed E-state index contributed by atoms with van der Waals surface area (Å²) in [5, 5.41) is 21.9. The topological polar surface area (TPSA) is 78.5 Å². The van der Waals surface area contributed by atoms with Gasteiger partial charge in [0.15, 0.2) is 0 Å². The molecule has 0 saturated heterocycles. The summed E-state index contributed by atoms with van der Waals surface area (Å²) in [6.07, 6.45) is 2.12. The van der Waals surface area contributed by atoms with E-state index in [-0.39, 0.29) is 12.0 Å². The average Bonchev–Trinajstić information content (AvgIpc) is 3.07. The Morgan fingerprint density at radius 2 is 1.96 bits per heavy atom. The molecule has 0 aliphatic heterocycles. The number of aliphatic hydroxyl groups is 1. The molecule has 0 fully saturated rings. The van der Waals surface area contributed by atoms with Gasteiger partial charge in [-0.2, -0.15) is 0 Å². The van der Waals surface area contributed by atoms with Crippen LogP contribution in [0.1, 0.15) is 42.8 Å². The van der Waals surface area contributed by atoms with Gasteiger partial charge in [-0.05, 0) is 42.9 Å². The lowest BCUT2D eigenvalue weighted by molar-refractivity contribution is 0.166. The predicted molar refractivity (Wildman–Crippen MR) is 95.9 cm³/mol. The van der Waals surface area contributed by atoms with E-state index in [1.807, 2.05) is 44.2 Å². The third-order valence-corrected chi connectivity index (χ3v) is 4.20. The molecule has 1 aromatic heterocycles. The number of benzene rings is 1. The first-order chi connectivity index (χ1) is 11.9. The summed E-state index contributed by atoms with van der Waals surface area (Å²) in [6.45, 7) is 7.94. The highest BCUT2D eigenvalue weighted by atomic mass is 16.5. The molecule has 0 spiro atoms. The third kappa shape index (κ3) is 5.49. The van der Waals surface area contributed by atoms with Gasteiger partial charge < -0.3 is 9.63 Å². The Hall–Kier alpha value is -2.55. The van der Waals surface area contributed by atoms with E-state index in [4.69, 9.17) is 14.8 Å². The minimum atomic E-state index is -0.254. The Bertz CT molecular complexity index is 764. The Kier molecular flexibility index (Phi) is 6.40. The molecule has 25 heavy (non-hydrogen) atoms. The fourth-order valence-corrected chi connectivity index (χ4v) is 2.25. The van der Waals surface area contributed by atoms with Crippen LogP contribution in [-0.2, 0) is 12.8 Å². The fourth-order valence-electron chi connectivity index (χ4n) is 2.25. The van der Waals surface area contributed by atoms with E-state index in [9.17, 15) is 0 Å². The van der Waals surface area contributed by atoms with Gasteiger partial charge in [-0.15, -0.1) is 0 Å². The van der Waals surface area contributed by atoms with Gasteiger partial charge in [0, 0.05) is 29.3 Å². The number of allylic oxidation sites excluding steroid dienone is 1. The van der Waals surface area contributed by atoms with Crippen LogP contribution in [0.3, 0.4) is 0 Å². The predicted octanol–water partition coefficient (Wildman–Crippen LogP) is 3.06. The molecule has 132 valence electrons. The van der Waals surface area contributed by atoms with Gasteiger partial charge in [-0.3, -0.25) is 10.7 Å². The number of hydroxylamine groups is 1. The van der Waals surface area contributed by atoms with Crippen LogP contribution < -0.4 is 5.48 Å². The van der Waals surface area contributed by atoms with E-state index >= 15 is 0 Å². The minimum Gasteiger partial charge on any atom is -0.396 e. The van der Waals surface area contributed by atoms with Gasteiger partial charge in [-0.25, -0.2) is 0 Å². The minimum absolute atomic E-state index is 0.143. The van der Waals surface area contributed by atoms with Crippen molar-refractivity contribution in [3.8, 4) is 11.8 Å². The van der Waals surface area contributed by atoms with E-state index < -0.39 is 0 Å². The van der Waals surface area contributed by atoms with E-state index in [0.717, 1.165) is 23.2 Å². The number of hydrogen-bond donors (Lipinski definition) is 3. The van der Waals surface area contributed by atoms with Crippen molar-refractivity contribution in [1.82, 2.24) is 10.6 Å². The fraction of sp³-hybridized carbons (Fsp3) is 0.350. The average molecular weight is 340 g/mol. The summed E-state index contributed by atoms with van der Waals surface area (Å²) < 4.78 is 5.26. The normalized spacial score (nSPS) is 10.9. The summed E-state index contributed by atoms with van der Waals surface area (Å²) in [7, 11) is 0. The van der Waals surface area contributed by atoms with Crippen molar-refractivity contribution in [3.63, 3.8) is 0 Å². The third-order valence-electron chi connectivity index (χ3n) is 4.20. The van der Waals surface area contributed by atoms with Crippen LogP contribution in [0.25, 0.3) is 0 Å². The molecule has 5 nitrogen and oxygen atoms in total. The van der Waals surface area contributed by atoms with Crippen molar-refractivity contribution < 1.29 is 14.8 Å². The first kappa shape index (κ1) is 18.8. The van der Waals surface area contributed by atoms with E-state index in [2.05, 4.69) is 29.1 Å². The number of nitrogens with zero attached hydrogens (tertiary/aromatic N) is 1. The number of aryl methyl sites for hydroxylation is 1. The summed E-state index contributed by atoms with van der Waals surface area (Å²) in [4.78, 5) is 0. The van der Waals surface area contributed by atoms with Crippen LogP contribution in [-0.4, -0.2) is 22.1 Å². The number of aromatic nitrogens is 1. The molecule has 0 bridgehead atoms. The van der Waals surface area contributed by atoms with Crippen molar-refractivity contribution in [2.75, 3.05) is 6.61 Å². The van der Waals surface area contributed by atoms with Crippen LogP contribution >= 0.6 is 0 Å². The molecular formula is C20H24N2O3. The first-order valence-corrected chi connectivity index (χ1v) is 8.21. The molecule has 2 aromatic rings. The molecule has 0 aliphatic rings. The molecule has 1 heterocycles. The molecule has 1 aromatic carbocycles. The zero-order valence-corrected chi connectivity index (χ0v) is 14.7. The Morgan fingerprint density at radius 1 is 1.24 bits per heavy atom. The van der Waals surface area contributed by atoms with Crippen molar-refractivity contribution >= 4 is 0 Å². The highest BCUT2D eigenvalue weighted by Crippen LogP contribution is 2.28. The van der Waals surface area contributed by atoms with Gasteiger partial charge in [-0.1, -0.05) is 43.6 Å². The van der Waals surface area contributed by atoms with Gasteiger partial charge in [0.05, 0.1) is 5.69 Å². The van der Waals surface area contributed by atoms with Crippen molar-refractivity contribution in [2.45, 2.75) is 33.1 Å². The largest absolute Gasteiger partial charge is 0.396 e. The molecule has 5 heteroatoms. The van der Waals surface area contributed by atoms with Crippen molar-refractivity contribution in [2.24, 2.45) is 5.41 Å². The summed E-state index contributed by atoms with van der Waals surface area (Å²) in [5.74, 6) is 6.53. The van der Waals surface area contributed by atoms with E-state index in [1.165, 1.54) is 0 Å². The molecular weight excluding hydrogens is 316 g/mol. The molecule has 0 radical (unpaired) electrons. The highest BCUT2D eigenvalue weighted by molar-refractivity contribution is 5.40. The summed E-state index contributed by atoms with van der Waals surface area (Å²) in [6, 6.07) is 9.58. The van der Waals surface area contributed by atoms with Crippen LogP contribution in [0.15, 0.2) is 47.1 Å². The molecule has 0 aliphatic carbocycles. The summed E-state index contributed by atoms with van der Waals surface area (Å²) in [5.41, 5.74) is 5.22. The van der Waals surface area contributed by atoms with Crippen molar-refractivity contribution in [1.29, 1.82) is 0 Å². The van der Waals surface area contributed by atoms with Crippen LogP contribution in [0.2, 0.25) is 0 Å². The van der Waals surface area contributed by atoms with Crippen molar-refractivity contribution in [3.05, 3.63) is 65.2 Å². The van der Waals surface area contributed by atoms with Crippen LogP contribution in [0, 0.1) is 17.3 Å². The Morgan fingerprint density at radius 3 is 2.60 bits per heavy atom. The van der Waals surface area contributed by atoms with E-state index in [1.54, 1.807) is 0 Å². The second kappa shape index (κ2) is 8.52. The van der Waals surface area contributed by atoms with Gasteiger partial charge in [0.1, 0.15) is 0 Å². The maximum atomic E-state index is 8.98. The van der Waals surface area contributed by atoms with Gasteiger partial charge in [0.2, 0.25) is 5.76 Å². The number of rotatable bonds is 7. The maximum Gasteiger partial charge on any atom is 0.210 e. The van der Waals surface area contributed by atoms with Gasteiger partial charge in [0.25, 0.3) is 0 Å². The highest BCUT2D eigenvalue weighted by Gasteiger charge is 2.22. The zero-order chi connectivity index (χ0) is 18.3. The maximum absolute atomic E-state index is 8.98. The number of aliphatic hydroxyl groups excluding tert-OH is 1. The molecule has 2 rings (SSSR count). The molecule has 3 N–H and O–H groups in total.